The smallest absolute Gasteiger partial charge is 0.408 e. The molecule has 0 spiro atoms. The van der Waals surface area contributed by atoms with Crippen LogP contribution < -0.4 is 19.5 Å². The first-order valence-electron chi connectivity index (χ1n) is 20.8. The average molecular weight is 862 g/mol. The largest absolute Gasteiger partial charge is 0.477 e. The number of sulfonamides is 1. The fourth-order valence-corrected chi connectivity index (χ4v) is 10.6. The second-order valence-corrected chi connectivity index (χ2v) is 19.8. The third-order valence-electron chi connectivity index (χ3n) is 13.3. The Labute approximate surface area is 347 Å². The number of allylic oxidation sites excluding steroid dienone is 1. The Balaban J connectivity index is 1.30. The third kappa shape index (κ3) is 7.88. The van der Waals surface area contributed by atoms with Crippen molar-refractivity contribution in [3.63, 3.8) is 0 Å². The average Bonchev–Trinajstić information content (AvgIpc) is 4.11. The number of benzene rings is 1. The lowest BCUT2D eigenvalue weighted by Gasteiger charge is -2.45. The quantitative estimate of drug-likeness (QED) is 0.257. The molecule has 2 aliphatic carbocycles. The summed E-state index contributed by atoms with van der Waals surface area (Å²) in [7, 11) is -4.47. The summed E-state index contributed by atoms with van der Waals surface area (Å²) in [6.07, 6.45) is 0.677. The zero-order chi connectivity index (χ0) is 43.4. The van der Waals surface area contributed by atoms with Gasteiger partial charge in [0.05, 0.1) is 13.2 Å². The van der Waals surface area contributed by atoms with E-state index < -0.39 is 92.8 Å². The van der Waals surface area contributed by atoms with E-state index in [0.717, 1.165) is 42.5 Å². The molecular weight excluding hydrogens is 808 g/mol. The molecule has 60 heavy (non-hydrogen) atoms. The predicted molar refractivity (Wildman–Crippen MR) is 214 cm³/mol. The number of carboxylic acid groups (broad SMARTS) is 1. The number of amides is 4. The number of halogens is 3. The second-order valence-electron chi connectivity index (χ2n) is 17.8. The van der Waals surface area contributed by atoms with E-state index in [4.69, 9.17) is 14.5 Å². The Morgan fingerprint density at radius 1 is 1.18 bits per heavy atom. The van der Waals surface area contributed by atoms with Gasteiger partial charge in [-0.3, -0.25) is 24.0 Å². The molecular formula is C42H54F3N5O9S. The highest BCUT2D eigenvalue weighted by Gasteiger charge is 2.64. The molecule has 3 fully saturated rings. The number of carbonyl (C=O) groups excluding carboxylic acids is 3. The number of carbonyl (C=O) groups is 4. The van der Waals surface area contributed by atoms with Gasteiger partial charge in [-0.1, -0.05) is 50.6 Å². The number of nitrogens with zero attached hydrogens (tertiary/aromatic N) is 3. The fourth-order valence-electron chi connectivity index (χ4n) is 9.21. The van der Waals surface area contributed by atoms with Crippen molar-refractivity contribution >= 4 is 44.6 Å². The second kappa shape index (κ2) is 16.3. The van der Waals surface area contributed by atoms with E-state index in [-0.39, 0.29) is 50.4 Å². The first-order chi connectivity index (χ1) is 28.4. The molecule has 7 atom stereocenters. The van der Waals surface area contributed by atoms with Gasteiger partial charge >= 0.3 is 6.09 Å². The summed E-state index contributed by atoms with van der Waals surface area (Å²) in [5.74, 6) is -3.74. The number of rotatable bonds is 10. The minimum absolute atomic E-state index is 0.0102. The summed E-state index contributed by atoms with van der Waals surface area (Å²) < 4.78 is 82.8. The SMILES string of the molecule is CC[C@@H]1C[C@@H](C)CCC=C[C@@H]2C[C@@]2(C(=O)NS(=O)(=O)C2(CF)CC2)NC(=O)[C@@H]2C[C@@H](Oc3nc4c(c5ccccc35)CCCO4)CN2C(=O)[C@H]1N(C(=O)O)C(C)(C)C(F)F. The lowest BCUT2D eigenvalue weighted by atomic mass is 9.82. The van der Waals surface area contributed by atoms with Crippen LogP contribution in [0.1, 0.15) is 91.0 Å². The number of aryl methyl sites for hydroxylation is 1. The molecule has 1 aromatic heterocycles. The van der Waals surface area contributed by atoms with Crippen LogP contribution in [-0.2, 0) is 30.8 Å². The van der Waals surface area contributed by atoms with Gasteiger partial charge in [0.15, 0.2) is 0 Å². The normalized spacial score (nSPS) is 29.2. The van der Waals surface area contributed by atoms with Gasteiger partial charge in [-0.05, 0) is 88.5 Å². The van der Waals surface area contributed by atoms with Crippen LogP contribution in [0.25, 0.3) is 10.8 Å². The molecule has 0 radical (unpaired) electrons. The van der Waals surface area contributed by atoms with Crippen molar-refractivity contribution in [2.75, 3.05) is 19.8 Å². The van der Waals surface area contributed by atoms with Crippen LogP contribution in [-0.4, -0.2) is 112 Å². The lowest BCUT2D eigenvalue weighted by molar-refractivity contribution is -0.149. The molecule has 328 valence electrons. The molecule has 3 aliphatic heterocycles. The molecule has 0 bridgehead atoms. The van der Waals surface area contributed by atoms with Crippen LogP contribution in [0.15, 0.2) is 36.4 Å². The summed E-state index contributed by atoms with van der Waals surface area (Å²) >= 11 is 0. The number of hydrogen-bond acceptors (Lipinski definition) is 9. The highest BCUT2D eigenvalue weighted by atomic mass is 32.2. The molecule has 1 saturated heterocycles. The van der Waals surface area contributed by atoms with Gasteiger partial charge in [-0.25, -0.2) is 26.4 Å². The van der Waals surface area contributed by atoms with Crippen LogP contribution in [0.4, 0.5) is 18.0 Å². The standard InChI is InChI=1S/C42H54F3N5O9S/c1-5-25-19-24(2)11-6-7-12-26-21-42(26,38(53)48-60(56,57)41(23-43)16-17-41)47-33(51)31-20-27(22-49(31)36(52)32(25)50(39(54)55)40(3,4)37(44)45)59-35-30-14-9-8-13-28(30)29-15-10-18-58-34(29)46-35/h7-9,12-14,24-27,31-32,37H,5-6,10-11,15-23H2,1-4H3,(H,47,51)(H,48,53)(H,54,55)/t24-,25+,26+,27+,31-,32-,42+/m0/s1. The number of pyridine rings is 1. The van der Waals surface area contributed by atoms with E-state index in [0.29, 0.717) is 42.0 Å². The van der Waals surface area contributed by atoms with Crippen molar-refractivity contribution in [1.82, 2.24) is 24.8 Å². The lowest BCUT2D eigenvalue weighted by Crippen LogP contribution is -2.65. The minimum atomic E-state index is -4.47. The molecule has 5 aliphatic rings. The maximum absolute atomic E-state index is 15.2. The third-order valence-corrected chi connectivity index (χ3v) is 15.4. The molecule has 1 aromatic carbocycles. The van der Waals surface area contributed by atoms with Gasteiger partial charge in [0.1, 0.15) is 40.7 Å². The molecule has 3 N–H and O–H groups in total. The van der Waals surface area contributed by atoms with Crippen molar-refractivity contribution in [2.24, 2.45) is 17.8 Å². The van der Waals surface area contributed by atoms with E-state index in [1.54, 1.807) is 13.0 Å². The van der Waals surface area contributed by atoms with E-state index in [2.05, 4.69) is 5.32 Å². The van der Waals surface area contributed by atoms with E-state index in [1.807, 2.05) is 42.0 Å². The Kier molecular flexibility index (Phi) is 11.8. The summed E-state index contributed by atoms with van der Waals surface area (Å²) in [5.41, 5.74) is -3.20. The van der Waals surface area contributed by atoms with Crippen molar-refractivity contribution in [1.29, 1.82) is 0 Å². The van der Waals surface area contributed by atoms with Gasteiger partial charge in [-0.15, -0.1) is 0 Å². The molecule has 2 aromatic rings. The van der Waals surface area contributed by atoms with Crippen molar-refractivity contribution < 1.29 is 55.3 Å². The monoisotopic (exact) mass is 861 g/mol. The molecule has 4 heterocycles. The van der Waals surface area contributed by atoms with Crippen LogP contribution in [0, 0.1) is 17.8 Å². The number of alkyl halides is 3. The summed E-state index contributed by atoms with van der Waals surface area (Å²) in [5, 5.41) is 14.9. The highest BCUT2D eigenvalue weighted by Crippen LogP contribution is 2.48. The first-order valence-corrected chi connectivity index (χ1v) is 22.3. The molecule has 14 nitrogen and oxygen atoms in total. The number of fused-ring (bicyclic) bond motifs is 5. The molecule has 2 saturated carbocycles. The van der Waals surface area contributed by atoms with Gasteiger partial charge in [0.25, 0.3) is 12.3 Å². The summed E-state index contributed by atoms with van der Waals surface area (Å²) in [4.78, 5) is 63.4. The Morgan fingerprint density at radius 3 is 2.55 bits per heavy atom. The van der Waals surface area contributed by atoms with E-state index >= 15 is 4.79 Å². The number of aromatic nitrogens is 1. The molecule has 7 rings (SSSR count). The highest BCUT2D eigenvalue weighted by molar-refractivity contribution is 7.91. The summed E-state index contributed by atoms with van der Waals surface area (Å²) in [6, 6.07) is 4.34. The number of ether oxygens (including phenoxy) is 2. The van der Waals surface area contributed by atoms with Gasteiger partial charge in [-0.2, -0.15) is 4.98 Å². The first kappa shape index (κ1) is 43.5. The van der Waals surface area contributed by atoms with Crippen molar-refractivity contribution in [3.05, 3.63) is 42.0 Å². The maximum Gasteiger partial charge on any atom is 0.408 e. The van der Waals surface area contributed by atoms with Gasteiger partial charge in [0.2, 0.25) is 33.6 Å². The molecule has 0 unspecified atom stereocenters. The van der Waals surface area contributed by atoms with Crippen molar-refractivity contribution in [2.45, 2.75) is 132 Å². The van der Waals surface area contributed by atoms with Crippen LogP contribution in [0.2, 0.25) is 0 Å². The summed E-state index contributed by atoms with van der Waals surface area (Å²) in [6.45, 7) is 4.77. The Morgan fingerprint density at radius 2 is 1.90 bits per heavy atom. The number of hydrogen-bond donors (Lipinski definition) is 3. The minimum Gasteiger partial charge on any atom is -0.477 e. The molecule has 4 amide bonds. The van der Waals surface area contributed by atoms with Gasteiger partial charge in [0, 0.05) is 23.3 Å². The Bertz CT molecular complexity index is 2170. The number of nitrogens with one attached hydrogen (secondary N) is 2. The van der Waals surface area contributed by atoms with Gasteiger partial charge < -0.3 is 24.8 Å². The zero-order valence-corrected chi connectivity index (χ0v) is 35.1. The van der Waals surface area contributed by atoms with Crippen LogP contribution in [0.3, 0.4) is 0 Å². The zero-order valence-electron chi connectivity index (χ0n) is 34.3. The van der Waals surface area contributed by atoms with Crippen molar-refractivity contribution in [3.8, 4) is 11.8 Å². The fraction of sp³-hybridized carbons (Fsp3) is 0.643. The maximum atomic E-state index is 15.2. The van der Waals surface area contributed by atoms with Crippen LogP contribution in [0.5, 0.6) is 11.8 Å². The predicted octanol–water partition coefficient (Wildman–Crippen LogP) is 5.53. The Hall–Kier alpha value is -4.61. The van der Waals surface area contributed by atoms with E-state index in [9.17, 15) is 41.1 Å². The van der Waals surface area contributed by atoms with Crippen LogP contribution >= 0.6 is 0 Å². The molecule has 18 heteroatoms. The van der Waals surface area contributed by atoms with E-state index in [1.165, 1.54) is 0 Å². The topological polar surface area (TPSA) is 185 Å².